The first kappa shape index (κ1) is 17.9. The number of aromatic nitrogens is 2. The molecule has 0 spiro atoms. The molecule has 1 aromatic carbocycles. The predicted molar refractivity (Wildman–Crippen MR) is 94.3 cm³/mol. The summed E-state index contributed by atoms with van der Waals surface area (Å²) in [6.45, 7) is 8.36. The molecule has 130 valence electrons. The minimum atomic E-state index is -0.698. The largest absolute Gasteiger partial charge is 0.345 e. The summed E-state index contributed by atoms with van der Waals surface area (Å²) in [6.07, 6.45) is 0. The van der Waals surface area contributed by atoms with Gasteiger partial charge in [0.05, 0.1) is 16.6 Å². The van der Waals surface area contributed by atoms with Crippen LogP contribution in [0.5, 0.6) is 0 Å². The van der Waals surface area contributed by atoms with E-state index in [2.05, 4.69) is 10.3 Å². The molecule has 0 fully saturated rings. The second-order valence-electron chi connectivity index (χ2n) is 6.47. The van der Waals surface area contributed by atoms with Crippen molar-refractivity contribution in [1.82, 2.24) is 14.9 Å². The molecule has 0 aliphatic heterocycles. The Labute approximate surface area is 139 Å². The van der Waals surface area contributed by atoms with Gasteiger partial charge in [-0.3, -0.25) is 14.4 Å². The number of benzene rings is 1. The minimum Gasteiger partial charge on any atom is -0.345 e. The fraction of sp³-hybridized carbons (Fsp3) is 0.471. The van der Waals surface area contributed by atoms with E-state index in [4.69, 9.17) is 5.73 Å². The lowest BCUT2D eigenvalue weighted by molar-refractivity contribution is 0.0883. The van der Waals surface area contributed by atoms with Crippen LogP contribution in [0.4, 0.5) is 0 Å². The molecule has 0 bridgehead atoms. The lowest BCUT2D eigenvalue weighted by Gasteiger charge is -2.33. The van der Waals surface area contributed by atoms with E-state index in [1.54, 1.807) is 25.1 Å². The number of nitrogens with one attached hydrogen (secondary N) is 2. The molecule has 24 heavy (non-hydrogen) atoms. The Morgan fingerprint density at radius 1 is 1.38 bits per heavy atom. The summed E-state index contributed by atoms with van der Waals surface area (Å²) in [5.41, 5.74) is 5.42. The van der Waals surface area contributed by atoms with Gasteiger partial charge < -0.3 is 20.6 Å². The topological polar surface area (TPSA) is 110 Å². The number of hydrogen-bond donors (Lipinski definition) is 3. The second kappa shape index (κ2) is 6.60. The fourth-order valence-corrected chi connectivity index (χ4v) is 2.50. The van der Waals surface area contributed by atoms with Crippen molar-refractivity contribution in [1.29, 1.82) is 0 Å². The van der Waals surface area contributed by atoms with Gasteiger partial charge in [0, 0.05) is 18.7 Å². The van der Waals surface area contributed by atoms with Gasteiger partial charge in [0.15, 0.2) is 0 Å². The third-order valence-corrected chi connectivity index (χ3v) is 4.65. The molecule has 1 atom stereocenters. The smallest absolute Gasteiger partial charge is 0.316 e. The van der Waals surface area contributed by atoms with E-state index in [9.17, 15) is 14.4 Å². The molecule has 0 saturated heterocycles. The van der Waals surface area contributed by atoms with Gasteiger partial charge in [-0.2, -0.15) is 0 Å². The van der Waals surface area contributed by atoms with E-state index >= 15 is 0 Å². The molecule has 1 amide bonds. The van der Waals surface area contributed by atoms with Crippen molar-refractivity contribution >= 4 is 16.9 Å². The van der Waals surface area contributed by atoms with Gasteiger partial charge in [-0.25, -0.2) is 0 Å². The molecular formula is C17H24N4O3. The van der Waals surface area contributed by atoms with Crippen LogP contribution < -0.4 is 22.2 Å². The number of aryl methyl sites for hydroxylation is 1. The lowest BCUT2D eigenvalue weighted by atomic mass is 9.88. The van der Waals surface area contributed by atoms with Crippen LogP contribution in [-0.4, -0.2) is 27.5 Å². The molecule has 4 N–H and O–H groups in total. The van der Waals surface area contributed by atoms with E-state index in [-0.39, 0.29) is 11.8 Å². The van der Waals surface area contributed by atoms with Crippen LogP contribution in [0.15, 0.2) is 27.8 Å². The number of amides is 1. The summed E-state index contributed by atoms with van der Waals surface area (Å²) < 4.78 is 1.38. The predicted octanol–water partition coefficient (Wildman–Crippen LogP) is 0.813. The Morgan fingerprint density at radius 3 is 2.58 bits per heavy atom. The molecule has 1 aromatic heterocycles. The van der Waals surface area contributed by atoms with Crippen molar-refractivity contribution in [3.05, 3.63) is 44.5 Å². The number of H-pyrrole nitrogens is 1. The first-order valence-corrected chi connectivity index (χ1v) is 8.03. The summed E-state index contributed by atoms with van der Waals surface area (Å²) in [6, 6.07) is 4.88. The summed E-state index contributed by atoms with van der Waals surface area (Å²) in [4.78, 5) is 38.7. The number of nitrogens with zero attached hydrogens (tertiary/aromatic N) is 1. The van der Waals surface area contributed by atoms with E-state index < -0.39 is 16.7 Å². The Balaban J connectivity index is 2.48. The Morgan fingerprint density at radius 2 is 2.04 bits per heavy atom. The summed E-state index contributed by atoms with van der Waals surface area (Å²) in [7, 11) is 0. The van der Waals surface area contributed by atoms with Crippen LogP contribution >= 0.6 is 0 Å². The number of rotatable bonds is 5. The Kier molecular flexibility index (Phi) is 4.94. The van der Waals surface area contributed by atoms with Crippen molar-refractivity contribution in [2.24, 2.45) is 11.7 Å². The zero-order chi connectivity index (χ0) is 18.1. The Bertz CT molecular complexity index is 882. The summed E-state index contributed by atoms with van der Waals surface area (Å²) in [5.74, 6) is -0.106. The molecule has 0 aliphatic rings. The quantitative estimate of drug-likeness (QED) is 0.704. The first-order valence-electron chi connectivity index (χ1n) is 8.03. The SMILES string of the molecule is CCn1c(=O)c(=O)[nH]c2cc(C(=O)NC(C)(CN)C(C)C)ccc21. The van der Waals surface area contributed by atoms with Gasteiger partial charge in [-0.15, -0.1) is 0 Å². The van der Waals surface area contributed by atoms with Crippen LogP contribution in [0.25, 0.3) is 11.0 Å². The third-order valence-electron chi connectivity index (χ3n) is 4.65. The minimum absolute atomic E-state index is 0.164. The van der Waals surface area contributed by atoms with Gasteiger partial charge in [0.1, 0.15) is 0 Å². The third kappa shape index (κ3) is 3.12. The molecule has 1 unspecified atom stereocenters. The maximum absolute atomic E-state index is 12.5. The molecule has 0 saturated carbocycles. The average molecular weight is 332 g/mol. The van der Waals surface area contributed by atoms with E-state index in [1.807, 2.05) is 20.8 Å². The number of hydrogen-bond acceptors (Lipinski definition) is 4. The molecule has 0 aliphatic carbocycles. The zero-order valence-electron chi connectivity index (χ0n) is 14.5. The second-order valence-corrected chi connectivity index (χ2v) is 6.47. The monoisotopic (exact) mass is 332 g/mol. The highest BCUT2D eigenvalue weighted by Crippen LogP contribution is 2.17. The van der Waals surface area contributed by atoms with Crippen LogP contribution in [0.3, 0.4) is 0 Å². The van der Waals surface area contributed by atoms with E-state index in [1.165, 1.54) is 4.57 Å². The maximum atomic E-state index is 12.5. The van der Waals surface area contributed by atoms with Crippen molar-refractivity contribution < 1.29 is 4.79 Å². The van der Waals surface area contributed by atoms with Crippen molar-refractivity contribution in [2.75, 3.05) is 6.54 Å². The van der Waals surface area contributed by atoms with Crippen LogP contribution in [0.2, 0.25) is 0 Å². The highest BCUT2D eigenvalue weighted by molar-refractivity contribution is 5.97. The average Bonchev–Trinajstić information content (AvgIpc) is 2.55. The van der Waals surface area contributed by atoms with Gasteiger partial charge in [0.25, 0.3) is 5.91 Å². The molecule has 2 rings (SSSR count). The van der Waals surface area contributed by atoms with E-state index in [0.29, 0.717) is 29.7 Å². The molecular weight excluding hydrogens is 308 g/mol. The van der Waals surface area contributed by atoms with Crippen molar-refractivity contribution in [3.8, 4) is 0 Å². The zero-order valence-corrected chi connectivity index (χ0v) is 14.5. The molecule has 0 radical (unpaired) electrons. The fourth-order valence-electron chi connectivity index (χ4n) is 2.50. The molecule has 7 nitrogen and oxygen atoms in total. The normalized spacial score (nSPS) is 13.9. The van der Waals surface area contributed by atoms with Crippen molar-refractivity contribution in [3.63, 3.8) is 0 Å². The number of aromatic amines is 1. The summed E-state index contributed by atoms with van der Waals surface area (Å²) in [5, 5.41) is 2.95. The van der Waals surface area contributed by atoms with Gasteiger partial charge >= 0.3 is 11.1 Å². The standard InChI is InChI=1S/C17H24N4O3/c1-5-21-13-7-6-11(8-12(13)19-15(23)16(21)24)14(22)20-17(4,9-18)10(2)3/h6-8,10H,5,9,18H2,1-4H3,(H,19,23)(H,20,22). The van der Waals surface area contributed by atoms with Crippen LogP contribution in [0, 0.1) is 5.92 Å². The van der Waals surface area contributed by atoms with Crippen LogP contribution in [-0.2, 0) is 6.54 Å². The molecule has 1 heterocycles. The summed E-state index contributed by atoms with van der Waals surface area (Å²) >= 11 is 0. The number of carbonyl (C=O) groups is 1. The van der Waals surface area contributed by atoms with Crippen molar-refractivity contribution in [2.45, 2.75) is 39.8 Å². The van der Waals surface area contributed by atoms with Gasteiger partial charge in [0.2, 0.25) is 0 Å². The van der Waals surface area contributed by atoms with E-state index in [0.717, 1.165) is 0 Å². The molecule has 7 heteroatoms. The van der Waals surface area contributed by atoms with Crippen LogP contribution in [0.1, 0.15) is 38.1 Å². The molecule has 2 aromatic rings. The van der Waals surface area contributed by atoms with Gasteiger partial charge in [-0.1, -0.05) is 13.8 Å². The highest BCUT2D eigenvalue weighted by Gasteiger charge is 2.29. The number of nitrogens with two attached hydrogens (primary N) is 1. The van der Waals surface area contributed by atoms with Gasteiger partial charge in [-0.05, 0) is 38.0 Å². The highest BCUT2D eigenvalue weighted by atomic mass is 16.2. The number of carbonyl (C=O) groups excluding carboxylic acids is 1. The maximum Gasteiger partial charge on any atom is 0.316 e. The lowest BCUT2D eigenvalue weighted by Crippen LogP contribution is -2.55. The Hall–Kier alpha value is -2.41. The first-order chi connectivity index (χ1) is 11.2. The number of fused-ring (bicyclic) bond motifs is 1.